The van der Waals surface area contributed by atoms with Crippen molar-refractivity contribution in [3.63, 3.8) is 0 Å². The molecule has 180 valence electrons. The fourth-order valence-corrected chi connectivity index (χ4v) is 6.19. The van der Waals surface area contributed by atoms with Gasteiger partial charge in [-0.15, -0.1) is 11.3 Å². The Kier molecular flexibility index (Phi) is 8.06. The highest BCUT2D eigenvalue weighted by Crippen LogP contribution is 2.37. The lowest BCUT2D eigenvalue weighted by atomic mass is 9.96. The number of ether oxygens (including phenoxy) is 1. The van der Waals surface area contributed by atoms with Crippen molar-refractivity contribution in [3.05, 3.63) is 61.7 Å². The van der Waals surface area contributed by atoms with Crippen LogP contribution in [-0.2, 0) is 24.1 Å². The molecule has 0 saturated heterocycles. The number of fused-ring (bicyclic) bond motifs is 1. The zero-order valence-corrected chi connectivity index (χ0v) is 22.9. The van der Waals surface area contributed by atoms with Gasteiger partial charge >= 0.3 is 5.97 Å². The van der Waals surface area contributed by atoms with Crippen molar-refractivity contribution in [3.8, 4) is 0 Å². The first-order chi connectivity index (χ1) is 16.4. The molecule has 0 saturated carbocycles. The maximum atomic E-state index is 12.6. The number of carbonyl (C=O) groups excluding carboxylic acids is 1. The monoisotopic (exact) mass is 560 g/mol. The Balaban J connectivity index is 1.51. The van der Waals surface area contributed by atoms with E-state index in [-0.39, 0.29) is 5.97 Å². The molecule has 0 aliphatic heterocycles. The summed E-state index contributed by atoms with van der Waals surface area (Å²) >= 11 is 10.8. The van der Waals surface area contributed by atoms with E-state index in [0.29, 0.717) is 17.2 Å². The van der Waals surface area contributed by atoms with Crippen molar-refractivity contribution < 1.29 is 9.53 Å². The molecule has 1 aliphatic rings. The molecule has 1 aliphatic carbocycles. The Morgan fingerprint density at radius 2 is 1.97 bits per heavy atom. The molecule has 0 bridgehead atoms. The van der Waals surface area contributed by atoms with Gasteiger partial charge < -0.3 is 15.4 Å². The van der Waals surface area contributed by atoms with E-state index in [0.717, 1.165) is 63.4 Å². The van der Waals surface area contributed by atoms with Gasteiger partial charge in [0.1, 0.15) is 5.00 Å². The number of aromatic nitrogens is 2. The van der Waals surface area contributed by atoms with Crippen LogP contribution in [0.3, 0.4) is 0 Å². The van der Waals surface area contributed by atoms with Crippen molar-refractivity contribution in [2.45, 2.75) is 58.9 Å². The van der Waals surface area contributed by atoms with Crippen molar-refractivity contribution in [2.75, 3.05) is 17.7 Å². The minimum absolute atomic E-state index is 0.304. The maximum Gasteiger partial charge on any atom is 0.341 e. The number of thiophene rings is 1. The fourth-order valence-electron chi connectivity index (χ4n) is 4.34. The van der Waals surface area contributed by atoms with Gasteiger partial charge in [-0.2, -0.15) is 5.10 Å². The second kappa shape index (κ2) is 11.0. The lowest BCUT2D eigenvalue weighted by Gasteiger charge is -2.13. The maximum absolute atomic E-state index is 12.6. The molecule has 0 fully saturated rings. The molecular weight excluding hydrogens is 532 g/mol. The number of rotatable bonds is 5. The summed E-state index contributed by atoms with van der Waals surface area (Å²) in [7, 11) is 1.43. The Bertz CT molecular complexity index is 1220. The molecule has 4 rings (SSSR count). The molecule has 2 N–H and O–H groups in total. The molecule has 3 aromatic rings. The van der Waals surface area contributed by atoms with Gasteiger partial charge in [0.25, 0.3) is 0 Å². The normalized spacial score (nSPS) is 13.5. The zero-order chi connectivity index (χ0) is 24.2. The predicted octanol–water partition coefficient (Wildman–Crippen LogP) is 6.63. The van der Waals surface area contributed by atoms with E-state index in [9.17, 15) is 4.79 Å². The van der Waals surface area contributed by atoms with Gasteiger partial charge in [-0.25, -0.2) is 4.79 Å². The third kappa shape index (κ3) is 5.53. The predicted molar refractivity (Wildman–Crippen MR) is 146 cm³/mol. The number of carbonyl (C=O) groups is 1. The summed E-state index contributed by atoms with van der Waals surface area (Å²) in [6.07, 6.45) is 6.57. The summed E-state index contributed by atoms with van der Waals surface area (Å²) in [6.45, 7) is 4.71. The fraction of sp³-hybridized carbons (Fsp3) is 0.400. The number of nitrogens with one attached hydrogen (secondary N) is 2. The first kappa shape index (κ1) is 24.9. The topological polar surface area (TPSA) is 68.2 Å². The number of esters is 1. The number of benzene rings is 1. The third-order valence-electron chi connectivity index (χ3n) is 6.10. The van der Waals surface area contributed by atoms with Crippen LogP contribution in [0.15, 0.2) is 28.7 Å². The standard InChI is InChI=1S/C25H29BrN4O2S2/c1-15-22(26)16(2)30(29-15)14-17-9-8-10-18(13-17)27-25(33)28-23-21(24(31)32-3)19-11-6-4-5-7-12-20(19)34-23/h8-10,13H,4-7,11-12,14H2,1-3H3,(H2,27,28,33). The van der Waals surface area contributed by atoms with Gasteiger partial charge in [0.05, 0.1) is 35.1 Å². The minimum Gasteiger partial charge on any atom is -0.465 e. The van der Waals surface area contributed by atoms with E-state index in [1.807, 2.05) is 23.7 Å². The lowest BCUT2D eigenvalue weighted by Crippen LogP contribution is -2.20. The summed E-state index contributed by atoms with van der Waals surface area (Å²) in [4.78, 5) is 13.9. The van der Waals surface area contributed by atoms with Crippen molar-refractivity contribution in [1.29, 1.82) is 0 Å². The number of hydrogen-bond donors (Lipinski definition) is 2. The minimum atomic E-state index is -0.304. The molecule has 0 spiro atoms. The Hall–Kier alpha value is -2.23. The zero-order valence-electron chi connectivity index (χ0n) is 19.7. The van der Waals surface area contributed by atoms with E-state index in [4.69, 9.17) is 17.0 Å². The highest BCUT2D eigenvalue weighted by atomic mass is 79.9. The average molecular weight is 562 g/mol. The molecule has 2 heterocycles. The SMILES string of the molecule is COC(=O)c1c(NC(=S)Nc2cccc(Cn3nc(C)c(Br)c3C)c2)sc2c1CCCCCC2. The van der Waals surface area contributed by atoms with Gasteiger partial charge in [0.2, 0.25) is 0 Å². The molecule has 34 heavy (non-hydrogen) atoms. The van der Waals surface area contributed by atoms with Gasteiger partial charge in [-0.1, -0.05) is 25.0 Å². The van der Waals surface area contributed by atoms with Crippen LogP contribution in [0.25, 0.3) is 0 Å². The molecule has 0 atom stereocenters. The lowest BCUT2D eigenvalue weighted by molar-refractivity contribution is 0.0601. The number of methoxy groups -OCH3 is 1. The molecule has 0 radical (unpaired) electrons. The van der Waals surface area contributed by atoms with Crippen molar-refractivity contribution in [1.82, 2.24) is 9.78 Å². The number of hydrogen-bond acceptors (Lipinski definition) is 5. The first-order valence-corrected chi connectivity index (χ1v) is 13.5. The van der Waals surface area contributed by atoms with E-state index < -0.39 is 0 Å². The second-order valence-electron chi connectivity index (χ2n) is 8.54. The Morgan fingerprint density at radius 3 is 2.68 bits per heavy atom. The second-order valence-corrected chi connectivity index (χ2v) is 10.8. The summed E-state index contributed by atoms with van der Waals surface area (Å²) in [6, 6.07) is 8.11. The molecule has 2 aromatic heterocycles. The number of anilines is 2. The van der Waals surface area contributed by atoms with Gasteiger partial charge in [-0.3, -0.25) is 4.68 Å². The van der Waals surface area contributed by atoms with Crippen LogP contribution in [0, 0.1) is 13.8 Å². The number of halogens is 1. The molecule has 9 heteroatoms. The van der Waals surface area contributed by atoms with E-state index in [1.165, 1.54) is 24.8 Å². The van der Waals surface area contributed by atoms with Crippen LogP contribution in [0.5, 0.6) is 0 Å². The Labute approximate surface area is 218 Å². The molecule has 0 unspecified atom stereocenters. The van der Waals surface area contributed by atoms with Crippen molar-refractivity contribution >= 4 is 61.3 Å². The quantitative estimate of drug-likeness (QED) is 0.269. The third-order valence-corrected chi connectivity index (χ3v) is 8.66. The van der Waals surface area contributed by atoms with Gasteiger partial charge in [0.15, 0.2) is 5.11 Å². The number of thiocarbonyl (C=S) groups is 1. The highest BCUT2D eigenvalue weighted by molar-refractivity contribution is 9.10. The Morgan fingerprint density at radius 1 is 1.21 bits per heavy atom. The molecule has 1 aromatic carbocycles. The largest absolute Gasteiger partial charge is 0.465 e. The number of aryl methyl sites for hydroxylation is 2. The van der Waals surface area contributed by atoms with Crippen LogP contribution in [0.2, 0.25) is 0 Å². The van der Waals surface area contributed by atoms with Crippen LogP contribution in [0.4, 0.5) is 10.7 Å². The molecular formula is C25H29BrN4O2S2. The summed E-state index contributed by atoms with van der Waals surface area (Å²) in [5.74, 6) is -0.304. The first-order valence-electron chi connectivity index (χ1n) is 11.5. The van der Waals surface area contributed by atoms with Crippen LogP contribution in [0.1, 0.15) is 63.4 Å². The highest BCUT2D eigenvalue weighted by Gasteiger charge is 2.25. The van der Waals surface area contributed by atoms with Gasteiger partial charge in [-0.05, 0) is 90.9 Å². The summed E-state index contributed by atoms with van der Waals surface area (Å²) in [5, 5.41) is 12.4. The summed E-state index contributed by atoms with van der Waals surface area (Å²) < 4.78 is 8.14. The van der Waals surface area contributed by atoms with E-state index >= 15 is 0 Å². The molecule has 0 amide bonds. The van der Waals surface area contributed by atoms with Crippen LogP contribution < -0.4 is 10.6 Å². The van der Waals surface area contributed by atoms with Crippen LogP contribution in [-0.4, -0.2) is 28.0 Å². The van der Waals surface area contributed by atoms with Gasteiger partial charge in [0, 0.05) is 10.6 Å². The average Bonchev–Trinajstić information content (AvgIpc) is 3.24. The van der Waals surface area contributed by atoms with Crippen LogP contribution >= 0.6 is 39.5 Å². The summed E-state index contributed by atoms with van der Waals surface area (Å²) in [5.41, 5.74) is 5.82. The molecule has 6 nitrogen and oxygen atoms in total. The smallest absolute Gasteiger partial charge is 0.341 e. The number of nitrogens with zero attached hydrogens (tertiary/aromatic N) is 2. The van der Waals surface area contributed by atoms with Crippen molar-refractivity contribution in [2.24, 2.45) is 0 Å². The van der Waals surface area contributed by atoms with E-state index in [2.05, 4.69) is 50.7 Å². The van der Waals surface area contributed by atoms with E-state index in [1.54, 1.807) is 11.3 Å².